The lowest BCUT2D eigenvalue weighted by Gasteiger charge is -2.30. The van der Waals surface area contributed by atoms with E-state index in [1.54, 1.807) is 12.1 Å². The quantitative estimate of drug-likeness (QED) is 0.641. The smallest absolute Gasteiger partial charge is 0.336 e. The third-order valence-electron chi connectivity index (χ3n) is 5.22. The monoisotopic (exact) mass is 405 g/mol. The van der Waals surface area contributed by atoms with Crippen molar-refractivity contribution in [1.29, 1.82) is 0 Å². The fourth-order valence-electron chi connectivity index (χ4n) is 3.78. The molecule has 146 valence electrons. The standard InChI is InChI=1S/C24H20ClNO3/c25-20-9-7-18(21(14-20)24(28)29)12-17-6-10-22-19(13-17)8-11-23(27)26(22)15-16-4-2-1-3-5-16/h1-7,9-10,13-14H,8,11-12,15H2,(H,28,29). The van der Waals surface area contributed by atoms with Gasteiger partial charge < -0.3 is 10.0 Å². The van der Waals surface area contributed by atoms with Crippen LogP contribution in [0.1, 0.15) is 39.0 Å². The Kier molecular flexibility index (Phi) is 5.36. The fourth-order valence-corrected chi connectivity index (χ4v) is 3.96. The number of aryl methyl sites for hydroxylation is 1. The molecule has 0 saturated carbocycles. The third-order valence-corrected chi connectivity index (χ3v) is 5.46. The molecule has 0 spiro atoms. The molecular weight excluding hydrogens is 386 g/mol. The van der Waals surface area contributed by atoms with Gasteiger partial charge in [0.05, 0.1) is 12.1 Å². The molecule has 1 N–H and O–H groups in total. The van der Waals surface area contributed by atoms with Crippen LogP contribution in [0.25, 0.3) is 0 Å². The Balaban J connectivity index is 1.62. The number of rotatable bonds is 5. The van der Waals surface area contributed by atoms with E-state index in [0.29, 0.717) is 30.8 Å². The van der Waals surface area contributed by atoms with Crippen LogP contribution in [0, 0.1) is 0 Å². The fraction of sp³-hybridized carbons (Fsp3) is 0.167. The van der Waals surface area contributed by atoms with Gasteiger partial charge in [-0.1, -0.05) is 60.1 Å². The Morgan fingerprint density at radius 1 is 0.966 bits per heavy atom. The van der Waals surface area contributed by atoms with Crippen molar-refractivity contribution in [2.75, 3.05) is 4.90 Å². The highest BCUT2D eigenvalue weighted by molar-refractivity contribution is 6.31. The number of anilines is 1. The van der Waals surface area contributed by atoms with Crippen molar-refractivity contribution in [2.24, 2.45) is 0 Å². The van der Waals surface area contributed by atoms with Crippen molar-refractivity contribution in [3.63, 3.8) is 0 Å². The molecule has 0 fully saturated rings. The molecule has 0 saturated heterocycles. The van der Waals surface area contributed by atoms with Crippen LogP contribution < -0.4 is 4.90 Å². The van der Waals surface area contributed by atoms with Crippen LogP contribution in [0.3, 0.4) is 0 Å². The van der Waals surface area contributed by atoms with Gasteiger partial charge in [-0.05, 0) is 53.3 Å². The second kappa shape index (κ2) is 8.10. The van der Waals surface area contributed by atoms with Crippen LogP contribution in [-0.2, 0) is 24.2 Å². The summed E-state index contributed by atoms with van der Waals surface area (Å²) in [5.74, 6) is -0.861. The number of carbonyl (C=O) groups excluding carboxylic acids is 1. The summed E-state index contributed by atoms with van der Waals surface area (Å²) in [4.78, 5) is 25.9. The number of carboxylic acid groups (broad SMARTS) is 1. The summed E-state index contributed by atoms with van der Waals surface area (Å²) in [5, 5.41) is 9.87. The predicted octanol–water partition coefficient (Wildman–Crippen LogP) is 5.11. The minimum Gasteiger partial charge on any atom is -0.478 e. The molecule has 0 radical (unpaired) electrons. The lowest BCUT2D eigenvalue weighted by atomic mass is 9.94. The number of amides is 1. The Morgan fingerprint density at radius 2 is 1.76 bits per heavy atom. The molecule has 0 aromatic heterocycles. The number of hydrogen-bond donors (Lipinski definition) is 1. The zero-order valence-electron chi connectivity index (χ0n) is 15.8. The van der Waals surface area contributed by atoms with E-state index >= 15 is 0 Å². The summed E-state index contributed by atoms with van der Waals surface area (Å²) in [6.07, 6.45) is 1.67. The van der Waals surface area contributed by atoms with Crippen LogP contribution in [0.15, 0.2) is 66.7 Å². The highest BCUT2D eigenvalue weighted by Crippen LogP contribution is 2.31. The summed E-state index contributed by atoms with van der Waals surface area (Å²) >= 11 is 5.95. The molecule has 5 heteroatoms. The molecule has 3 aromatic carbocycles. The van der Waals surface area contributed by atoms with Crippen LogP contribution in [0.2, 0.25) is 5.02 Å². The number of benzene rings is 3. The number of halogens is 1. The van der Waals surface area contributed by atoms with Crippen molar-refractivity contribution >= 4 is 29.2 Å². The number of fused-ring (bicyclic) bond motifs is 1. The predicted molar refractivity (Wildman–Crippen MR) is 114 cm³/mol. The van der Waals surface area contributed by atoms with E-state index in [9.17, 15) is 14.7 Å². The second-order valence-electron chi connectivity index (χ2n) is 7.21. The van der Waals surface area contributed by atoms with Gasteiger partial charge in [0.15, 0.2) is 0 Å². The highest BCUT2D eigenvalue weighted by Gasteiger charge is 2.24. The van der Waals surface area contributed by atoms with E-state index < -0.39 is 5.97 Å². The van der Waals surface area contributed by atoms with Crippen molar-refractivity contribution in [3.8, 4) is 0 Å². The molecule has 0 atom stereocenters. The highest BCUT2D eigenvalue weighted by atomic mass is 35.5. The molecule has 1 heterocycles. The van der Waals surface area contributed by atoms with E-state index in [2.05, 4.69) is 6.07 Å². The number of nitrogens with zero attached hydrogens (tertiary/aromatic N) is 1. The van der Waals surface area contributed by atoms with Gasteiger partial charge in [-0.25, -0.2) is 4.79 Å². The molecule has 1 amide bonds. The molecule has 29 heavy (non-hydrogen) atoms. The molecule has 1 aliphatic heterocycles. The Morgan fingerprint density at radius 3 is 2.52 bits per heavy atom. The molecule has 0 unspecified atom stereocenters. The van der Waals surface area contributed by atoms with Gasteiger partial charge in [0.2, 0.25) is 5.91 Å². The summed E-state index contributed by atoms with van der Waals surface area (Å²) in [5.41, 5.74) is 5.09. The molecule has 1 aliphatic rings. The SMILES string of the molecule is O=C(O)c1cc(Cl)ccc1Cc1ccc2c(c1)CCC(=O)N2Cc1ccccc1. The number of carbonyl (C=O) groups is 2. The Bertz CT molecular complexity index is 1080. The van der Waals surface area contributed by atoms with E-state index in [-0.39, 0.29) is 11.5 Å². The second-order valence-corrected chi connectivity index (χ2v) is 7.65. The van der Waals surface area contributed by atoms with Crippen LogP contribution in [-0.4, -0.2) is 17.0 Å². The van der Waals surface area contributed by atoms with Crippen molar-refractivity contribution in [2.45, 2.75) is 25.8 Å². The van der Waals surface area contributed by atoms with Crippen molar-refractivity contribution in [1.82, 2.24) is 0 Å². The summed E-state index contributed by atoms with van der Waals surface area (Å²) in [7, 11) is 0. The van der Waals surface area contributed by atoms with Gasteiger partial charge in [0.25, 0.3) is 0 Å². The van der Waals surface area contributed by atoms with Gasteiger partial charge in [-0.15, -0.1) is 0 Å². The minimum atomic E-state index is -0.986. The minimum absolute atomic E-state index is 0.125. The topological polar surface area (TPSA) is 57.6 Å². The summed E-state index contributed by atoms with van der Waals surface area (Å²) in [6, 6.07) is 20.9. The summed E-state index contributed by atoms with van der Waals surface area (Å²) < 4.78 is 0. The Labute approximate surface area is 174 Å². The maximum Gasteiger partial charge on any atom is 0.336 e. The normalized spacial score (nSPS) is 13.3. The molecule has 3 aromatic rings. The maximum absolute atomic E-state index is 12.5. The first kappa shape index (κ1) is 19.2. The largest absolute Gasteiger partial charge is 0.478 e. The average molecular weight is 406 g/mol. The zero-order valence-corrected chi connectivity index (χ0v) is 16.5. The van der Waals surface area contributed by atoms with E-state index in [1.165, 1.54) is 6.07 Å². The third kappa shape index (κ3) is 4.17. The Hall–Kier alpha value is -3.11. The van der Waals surface area contributed by atoms with Crippen LogP contribution >= 0.6 is 11.6 Å². The number of aromatic carboxylic acids is 1. The molecular formula is C24H20ClNO3. The van der Waals surface area contributed by atoms with Crippen molar-refractivity contribution < 1.29 is 14.7 Å². The first-order valence-electron chi connectivity index (χ1n) is 9.49. The lowest BCUT2D eigenvalue weighted by molar-refractivity contribution is -0.119. The van der Waals surface area contributed by atoms with E-state index in [1.807, 2.05) is 47.4 Å². The van der Waals surface area contributed by atoms with E-state index in [0.717, 1.165) is 27.9 Å². The molecule has 4 nitrogen and oxygen atoms in total. The first-order chi connectivity index (χ1) is 14.0. The van der Waals surface area contributed by atoms with Crippen LogP contribution in [0.4, 0.5) is 5.69 Å². The van der Waals surface area contributed by atoms with Gasteiger partial charge in [-0.3, -0.25) is 4.79 Å². The maximum atomic E-state index is 12.5. The lowest BCUT2D eigenvalue weighted by Crippen LogP contribution is -2.34. The van der Waals surface area contributed by atoms with Gasteiger partial charge in [0.1, 0.15) is 0 Å². The van der Waals surface area contributed by atoms with Gasteiger partial charge in [0, 0.05) is 17.1 Å². The average Bonchev–Trinajstić information content (AvgIpc) is 2.72. The molecule has 0 aliphatic carbocycles. The molecule has 4 rings (SSSR count). The van der Waals surface area contributed by atoms with Crippen LogP contribution in [0.5, 0.6) is 0 Å². The first-order valence-corrected chi connectivity index (χ1v) is 9.87. The zero-order chi connectivity index (χ0) is 20.4. The van der Waals surface area contributed by atoms with Gasteiger partial charge >= 0.3 is 5.97 Å². The summed E-state index contributed by atoms with van der Waals surface area (Å²) in [6.45, 7) is 0.548. The molecule has 0 bridgehead atoms. The van der Waals surface area contributed by atoms with Crippen molar-refractivity contribution in [3.05, 3.63) is 99.6 Å². The van der Waals surface area contributed by atoms with E-state index in [4.69, 9.17) is 11.6 Å². The number of carboxylic acids is 1. The van der Waals surface area contributed by atoms with Gasteiger partial charge in [-0.2, -0.15) is 0 Å². The number of hydrogen-bond acceptors (Lipinski definition) is 2.